The fourth-order valence-corrected chi connectivity index (χ4v) is 6.05. The van der Waals surface area contributed by atoms with Crippen LogP contribution in [0.1, 0.15) is 58.7 Å². The number of fused-ring (bicyclic) bond motifs is 3. The van der Waals surface area contributed by atoms with Crippen LogP contribution in [0.25, 0.3) is 39.1 Å². The number of hydrogen-bond donors (Lipinski definition) is 2. The van der Waals surface area contributed by atoms with Crippen LogP contribution in [0.5, 0.6) is 5.75 Å². The molecule has 0 unspecified atom stereocenters. The molecule has 1 aliphatic carbocycles. The highest BCUT2D eigenvalue weighted by Crippen LogP contribution is 2.49. The number of rotatable bonds is 5. The number of alkyl carbamates (subject to hydrolysis) is 1. The number of ether oxygens (including phenoxy) is 2. The van der Waals surface area contributed by atoms with Gasteiger partial charge in [0, 0.05) is 48.5 Å². The maximum absolute atomic E-state index is 12.8. The molecule has 44 heavy (non-hydrogen) atoms. The van der Waals surface area contributed by atoms with E-state index in [1.807, 2.05) is 82.3 Å². The number of carbonyl (C=O) groups is 2. The number of pyridine rings is 1. The van der Waals surface area contributed by atoms with Crippen molar-refractivity contribution in [2.45, 2.75) is 71.1 Å². The predicted molar refractivity (Wildman–Crippen MR) is 166 cm³/mol. The summed E-state index contributed by atoms with van der Waals surface area (Å²) in [5.74, 6) is 0.0269. The summed E-state index contributed by atoms with van der Waals surface area (Å²) < 4.78 is 12.6. The van der Waals surface area contributed by atoms with Crippen molar-refractivity contribution in [1.82, 2.24) is 24.9 Å². The lowest BCUT2D eigenvalue weighted by Gasteiger charge is -2.52. The number of aromatic nitrogens is 4. The van der Waals surface area contributed by atoms with Crippen molar-refractivity contribution in [3.8, 4) is 28.1 Å². The number of carbonyl (C=O) groups excluding carboxylic acids is 2. The van der Waals surface area contributed by atoms with Gasteiger partial charge in [-0.25, -0.2) is 14.8 Å². The first-order chi connectivity index (χ1) is 20.7. The molecular weight excluding hydrogens is 558 g/mol. The van der Waals surface area contributed by atoms with Crippen molar-refractivity contribution >= 4 is 28.7 Å². The lowest BCUT2D eigenvalue weighted by molar-refractivity contribution is -0.131. The Morgan fingerprint density at radius 3 is 2.41 bits per heavy atom. The molecule has 0 aliphatic heterocycles. The minimum Gasteiger partial charge on any atom is -0.444 e. The Balaban J connectivity index is 1.46. The summed E-state index contributed by atoms with van der Waals surface area (Å²) in [6, 6.07) is 19.0. The van der Waals surface area contributed by atoms with Crippen LogP contribution in [0.2, 0.25) is 0 Å². The van der Waals surface area contributed by atoms with E-state index in [0.717, 1.165) is 33.3 Å². The Bertz CT molecular complexity index is 1910. The summed E-state index contributed by atoms with van der Waals surface area (Å²) in [5.41, 5.74) is 3.85. The molecule has 0 spiro atoms. The van der Waals surface area contributed by atoms with E-state index in [4.69, 9.17) is 14.5 Å². The molecule has 1 amide bonds. The minimum atomic E-state index is -0.908. The number of aliphatic hydroxyl groups is 1. The lowest BCUT2D eigenvalue weighted by Crippen LogP contribution is -2.62. The molecule has 1 saturated carbocycles. The van der Waals surface area contributed by atoms with Crippen molar-refractivity contribution in [2.24, 2.45) is 0 Å². The molecule has 5 aromatic rings. The van der Waals surface area contributed by atoms with E-state index in [2.05, 4.69) is 15.4 Å². The third-order valence-electron chi connectivity index (χ3n) is 7.60. The summed E-state index contributed by atoms with van der Waals surface area (Å²) in [7, 11) is 0. The molecule has 3 heterocycles. The van der Waals surface area contributed by atoms with Crippen LogP contribution in [0.15, 0.2) is 66.9 Å². The van der Waals surface area contributed by atoms with Crippen molar-refractivity contribution in [1.29, 1.82) is 0 Å². The Labute approximate surface area is 255 Å². The predicted octanol–water partition coefficient (Wildman–Crippen LogP) is 6.11. The first-order valence-corrected chi connectivity index (χ1v) is 14.5. The smallest absolute Gasteiger partial charge is 0.408 e. The zero-order valence-electron chi connectivity index (χ0n) is 25.6. The van der Waals surface area contributed by atoms with Gasteiger partial charge >= 0.3 is 12.1 Å². The fraction of sp³-hybridized carbons (Fsp3) is 0.324. The molecule has 0 bridgehead atoms. The molecule has 0 saturated heterocycles. The zero-order chi connectivity index (χ0) is 31.4. The number of amides is 1. The van der Waals surface area contributed by atoms with Crippen molar-refractivity contribution in [3.05, 3.63) is 78.1 Å². The molecule has 10 heteroatoms. The summed E-state index contributed by atoms with van der Waals surface area (Å²) >= 11 is 0. The molecule has 10 nitrogen and oxygen atoms in total. The highest BCUT2D eigenvalue weighted by atomic mass is 16.6. The molecule has 2 N–H and O–H groups in total. The third-order valence-corrected chi connectivity index (χ3v) is 7.60. The van der Waals surface area contributed by atoms with Crippen molar-refractivity contribution in [3.63, 3.8) is 0 Å². The zero-order valence-corrected chi connectivity index (χ0v) is 25.6. The standard InChI is InChI=1S/C34H35N5O5/c1-20-14-28-35-17-24-16-27(23-8-7-9-26(15-23)43-21(2)40)29(36-30(24)39(28)38-20)22-10-12-25(13-11-22)34(18-33(6,42)19-34)37-31(41)44-32(3,4)5/h7-17,42H,18-19H2,1-6H3,(H,37,41). The molecular formula is C34H35N5O5. The van der Waals surface area contributed by atoms with Gasteiger partial charge < -0.3 is 19.9 Å². The van der Waals surface area contributed by atoms with Crippen LogP contribution < -0.4 is 10.1 Å². The van der Waals surface area contributed by atoms with Crippen molar-refractivity contribution < 1.29 is 24.2 Å². The van der Waals surface area contributed by atoms with Crippen LogP contribution in [0, 0.1) is 6.92 Å². The number of benzene rings is 2. The van der Waals surface area contributed by atoms with E-state index in [9.17, 15) is 14.7 Å². The molecule has 0 radical (unpaired) electrons. The molecule has 6 rings (SSSR count). The SMILES string of the molecule is CC(=O)Oc1cccc(-c2cc3cnc4cc(C)nn4c3nc2-c2ccc(C3(NC(=O)OC(C)(C)C)CC(C)(O)C3)cc2)c1. The van der Waals surface area contributed by atoms with Gasteiger partial charge in [0.05, 0.1) is 22.5 Å². The van der Waals surface area contributed by atoms with Gasteiger partial charge in [-0.1, -0.05) is 36.4 Å². The lowest BCUT2D eigenvalue weighted by atomic mass is 9.62. The van der Waals surface area contributed by atoms with Crippen LogP contribution >= 0.6 is 0 Å². The van der Waals surface area contributed by atoms with Gasteiger partial charge in [0.25, 0.3) is 0 Å². The normalized spacial score (nSPS) is 19.9. The highest BCUT2D eigenvalue weighted by Gasteiger charge is 2.53. The Hall–Kier alpha value is -4.83. The van der Waals surface area contributed by atoms with Crippen molar-refractivity contribution in [2.75, 3.05) is 0 Å². The third kappa shape index (κ3) is 5.72. The Morgan fingerprint density at radius 2 is 1.75 bits per heavy atom. The number of hydrogen-bond acceptors (Lipinski definition) is 8. The molecule has 1 fully saturated rings. The number of nitrogens with zero attached hydrogens (tertiary/aromatic N) is 4. The van der Waals surface area contributed by atoms with Gasteiger partial charge in [-0.15, -0.1) is 0 Å². The average Bonchev–Trinajstić information content (AvgIpc) is 3.30. The van der Waals surface area contributed by atoms with E-state index < -0.39 is 28.8 Å². The van der Waals surface area contributed by atoms with Gasteiger partial charge in [0.15, 0.2) is 11.3 Å². The molecule has 3 aromatic heterocycles. The molecule has 2 aromatic carbocycles. The highest BCUT2D eigenvalue weighted by molar-refractivity contribution is 5.91. The number of esters is 1. The van der Waals surface area contributed by atoms with Gasteiger partial charge in [0.1, 0.15) is 11.4 Å². The summed E-state index contributed by atoms with van der Waals surface area (Å²) in [4.78, 5) is 34.1. The second kappa shape index (κ2) is 10.4. The Kier molecular flexibility index (Phi) is 6.92. The van der Waals surface area contributed by atoms with Gasteiger partial charge in [-0.2, -0.15) is 9.61 Å². The quantitative estimate of drug-likeness (QED) is 0.185. The first kappa shape index (κ1) is 29.3. The number of aryl methyl sites for hydroxylation is 1. The monoisotopic (exact) mass is 593 g/mol. The summed E-state index contributed by atoms with van der Waals surface area (Å²) in [6.07, 6.45) is 1.95. The number of nitrogens with one attached hydrogen (secondary N) is 1. The van der Waals surface area contributed by atoms with Gasteiger partial charge in [0.2, 0.25) is 0 Å². The molecule has 226 valence electrons. The van der Waals surface area contributed by atoms with Gasteiger partial charge in [-0.3, -0.25) is 4.79 Å². The Morgan fingerprint density at radius 1 is 1.02 bits per heavy atom. The molecule has 0 atom stereocenters. The van der Waals surface area contributed by atoms with Gasteiger partial charge in [-0.05, 0) is 63.9 Å². The molecule has 1 aliphatic rings. The maximum Gasteiger partial charge on any atom is 0.408 e. The average molecular weight is 594 g/mol. The maximum atomic E-state index is 12.8. The fourth-order valence-electron chi connectivity index (χ4n) is 6.05. The van der Waals surface area contributed by atoms with E-state index in [1.165, 1.54) is 6.92 Å². The second-order valence-corrected chi connectivity index (χ2v) is 12.9. The first-order valence-electron chi connectivity index (χ1n) is 14.5. The van der Waals surface area contributed by atoms with E-state index >= 15 is 0 Å². The van der Waals surface area contributed by atoms with Crippen LogP contribution in [-0.2, 0) is 15.1 Å². The van der Waals surface area contributed by atoms with E-state index in [-0.39, 0.29) is 0 Å². The largest absolute Gasteiger partial charge is 0.444 e. The summed E-state index contributed by atoms with van der Waals surface area (Å²) in [5, 5.41) is 19.1. The van der Waals surface area contributed by atoms with Crippen LogP contribution in [0.3, 0.4) is 0 Å². The minimum absolute atomic E-state index is 0.352. The van der Waals surface area contributed by atoms with Crippen LogP contribution in [-0.4, -0.2) is 48.0 Å². The van der Waals surface area contributed by atoms with E-state index in [0.29, 0.717) is 35.6 Å². The van der Waals surface area contributed by atoms with Crippen LogP contribution in [0.4, 0.5) is 4.79 Å². The van der Waals surface area contributed by atoms with E-state index in [1.54, 1.807) is 23.7 Å². The topological polar surface area (TPSA) is 128 Å². The second-order valence-electron chi connectivity index (χ2n) is 12.9. The summed E-state index contributed by atoms with van der Waals surface area (Å²) in [6.45, 7) is 10.5.